The van der Waals surface area contributed by atoms with Crippen molar-refractivity contribution in [3.63, 3.8) is 0 Å². The van der Waals surface area contributed by atoms with E-state index in [-0.39, 0.29) is 25.7 Å². The van der Waals surface area contributed by atoms with E-state index in [0.29, 0.717) is 40.3 Å². The van der Waals surface area contributed by atoms with Gasteiger partial charge < -0.3 is 24.3 Å². The van der Waals surface area contributed by atoms with Gasteiger partial charge in [-0.3, -0.25) is 9.59 Å². The fourth-order valence-corrected chi connectivity index (χ4v) is 4.02. The van der Waals surface area contributed by atoms with Crippen molar-refractivity contribution in [1.82, 2.24) is 10.7 Å². The maximum atomic E-state index is 12.8. The Kier molecular flexibility index (Phi) is 13.3. The van der Waals surface area contributed by atoms with Crippen LogP contribution in [0.2, 0.25) is 0 Å². The molecule has 0 fully saturated rings. The van der Waals surface area contributed by atoms with Crippen LogP contribution in [0.1, 0.15) is 45.2 Å². The first kappa shape index (κ1) is 31.6. The first-order valence-corrected chi connectivity index (χ1v) is 13.5. The number of rotatable bonds is 15. The zero-order chi connectivity index (χ0) is 28.8. The van der Waals surface area contributed by atoms with Crippen LogP contribution >= 0.6 is 15.9 Å². The second-order valence-corrected chi connectivity index (χ2v) is 9.75. The smallest absolute Gasteiger partial charge is 0.344 e. The molecule has 0 aliphatic carbocycles. The maximum absolute atomic E-state index is 12.8. The summed E-state index contributed by atoms with van der Waals surface area (Å²) in [7, 11) is 0. The Morgan fingerprint density at radius 2 is 1.74 bits per heavy atom. The van der Waals surface area contributed by atoms with Crippen molar-refractivity contribution in [2.75, 3.05) is 26.4 Å². The quantitative estimate of drug-likeness (QED) is 0.177. The van der Waals surface area contributed by atoms with Gasteiger partial charge in [0.25, 0.3) is 11.8 Å². The minimum atomic E-state index is -0.792. The van der Waals surface area contributed by atoms with Crippen LogP contribution in [0, 0.1) is 12.8 Å². The highest BCUT2D eigenvalue weighted by Gasteiger charge is 2.22. The van der Waals surface area contributed by atoms with Crippen molar-refractivity contribution < 1.29 is 33.3 Å². The molecule has 2 aromatic carbocycles. The average molecular weight is 607 g/mol. The molecule has 10 nitrogen and oxygen atoms in total. The van der Waals surface area contributed by atoms with Crippen molar-refractivity contribution >= 4 is 39.9 Å². The molecule has 2 amide bonds. The number of hydrogen-bond donors (Lipinski definition) is 2. The molecule has 0 radical (unpaired) electrons. The zero-order valence-electron chi connectivity index (χ0n) is 22.9. The van der Waals surface area contributed by atoms with Gasteiger partial charge in [-0.15, -0.1) is 0 Å². The van der Waals surface area contributed by atoms with E-state index in [0.717, 1.165) is 5.56 Å². The van der Waals surface area contributed by atoms with Crippen LogP contribution in [0.25, 0.3) is 0 Å². The molecule has 0 saturated heterocycles. The van der Waals surface area contributed by atoms with Crippen molar-refractivity contribution in [2.45, 2.75) is 47.1 Å². The largest absolute Gasteiger partial charge is 0.490 e. The number of hydrazone groups is 1. The van der Waals surface area contributed by atoms with Gasteiger partial charge in [0.2, 0.25) is 0 Å². The Hall–Kier alpha value is -3.60. The summed E-state index contributed by atoms with van der Waals surface area (Å²) in [5.41, 5.74) is 4.00. The number of nitrogens with zero attached hydrogens (tertiary/aromatic N) is 1. The molecule has 39 heavy (non-hydrogen) atoms. The minimum absolute atomic E-state index is 0.147. The Morgan fingerprint density at radius 3 is 2.41 bits per heavy atom. The van der Waals surface area contributed by atoms with Gasteiger partial charge in [-0.05, 0) is 78.4 Å². The highest BCUT2D eigenvalue weighted by Crippen LogP contribution is 2.36. The number of carbonyl (C=O) groups is 3. The second-order valence-electron chi connectivity index (χ2n) is 8.89. The van der Waals surface area contributed by atoms with Gasteiger partial charge in [-0.25, -0.2) is 10.2 Å². The minimum Gasteiger partial charge on any atom is -0.490 e. The van der Waals surface area contributed by atoms with Crippen molar-refractivity contribution in [2.24, 2.45) is 11.0 Å². The molecular formula is C28H36BrN3O7. The Morgan fingerprint density at radius 1 is 1.00 bits per heavy atom. The van der Waals surface area contributed by atoms with Crippen LogP contribution in [0.15, 0.2) is 46.0 Å². The summed E-state index contributed by atoms with van der Waals surface area (Å²) in [4.78, 5) is 37.0. The number of amides is 2. The van der Waals surface area contributed by atoms with E-state index in [1.54, 1.807) is 25.1 Å². The molecule has 0 aromatic heterocycles. The summed E-state index contributed by atoms with van der Waals surface area (Å²) in [5, 5.41) is 6.78. The van der Waals surface area contributed by atoms with Crippen LogP contribution in [-0.4, -0.2) is 56.5 Å². The predicted molar refractivity (Wildman–Crippen MR) is 151 cm³/mol. The molecule has 2 aromatic rings. The fourth-order valence-electron chi connectivity index (χ4n) is 3.45. The lowest BCUT2D eigenvalue weighted by Gasteiger charge is -2.19. The van der Waals surface area contributed by atoms with Gasteiger partial charge in [0.05, 0.1) is 23.9 Å². The van der Waals surface area contributed by atoms with E-state index in [1.807, 2.05) is 45.9 Å². The standard InChI is InChI=1S/C28H36BrN3O7/c1-6-36-24-14-20(13-21(29)27(24)39-17-26(34)37-7-2)15-30-32-28(35)22(12-18(3)4)31-25(33)16-38-23-11-9-8-10-19(23)5/h8-11,13-15,18,22H,6-7,12,16-17H2,1-5H3,(H,31,33)(H,32,35)/b30-15-/t22-/m0/s1. The van der Waals surface area contributed by atoms with Gasteiger partial charge in [0.15, 0.2) is 24.7 Å². The third-order valence-electron chi connectivity index (χ3n) is 5.17. The summed E-state index contributed by atoms with van der Waals surface area (Å²) < 4.78 is 22.2. The van der Waals surface area contributed by atoms with Crippen LogP contribution in [-0.2, 0) is 19.1 Å². The highest BCUT2D eigenvalue weighted by atomic mass is 79.9. The average Bonchev–Trinajstić information content (AvgIpc) is 2.87. The lowest BCUT2D eigenvalue weighted by molar-refractivity contribution is -0.145. The molecule has 2 N–H and O–H groups in total. The summed E-state index contributed by atoms with van der Waals surface area (Å²) in [6.07, 6.45) is 1.86. The molecule has 0 bridgehead atoms. The molecule has 0 saturated carbocycles. The number of benzene rings is 2. The lowest BCUT2D eigenvalue weighted by atomic mass is 10.0. The van der Waals surface area contributed by atoms with E-state index < -0.39 is 23.8 Å². The van der Waals surface area contributed by atoms with Gasteiger partial charge in [-0.2, -0.15) is 5.10 Å². The third-order valence-corrected chi connectivity index (χ3v) is 5.76. The van der Waals surface area contributed by atoms with Gasteiger partial charge in [0.1, 0.15) is 11.8 Å². The van der Waals surface area contributed by atoms with E-state index in [4.69, 9.17) is 18.9 Å². The number of para-hydroxylation sites is 1. The Labute approximate surface area is 237 Å². The zero-order valence-corrected chi connectivity index (χ0v) is 24.5. The predicted octanol–water partition coefficient (Wildman–Crippen LogP) is 4.16. The molecule has 0 spiro atoms. The summed E-state index contributed by atoms with van der Waals surface area (Å²) >= 11 is 3.43. The first-order chi connectivity index (χ1) is 18.6. The molecule has 212 valence electrons. The Bertz CT molecular complexity index is 1150. The molecule has 2 rings (SSSR count). The summed E-state index contributed by atoms with van der Waals surface area (Å²) in [6, 6.07) is 9.96. The van der Waals surface area contributed by atoms with E-state index in [1.165, 1.54) is 6.21 Å². The number of aryl methyl sites for hydroxylation is 1. The lowest BCUT2D eigenvalue weighted by Crippen LogP contribution is -2.47. The molecule has 0 heterocycles. The van der Waals surface area contributed by atoms with Gasteiger partial charge in [0, 0.05) is 0 Å². The summed E-state index contributed by atoms with van der Waals surface area (Å²) in [6.45, 7) is 9.47. The van der Waals surface area contributed by atoms with E-state index in [2.05, 4.69) is 31.8 Å². The Balaban J connectivity index is 2.04. The number of carbonyl (C=O) groups excluding carboxylic acids is 3. The third kappa shape index (κ3) is 11.0. The normalized spacial score (nSPS) is 11.7. The maximum Gasteiger partial charge on any atom is 0.344 e. The van der Waals surface area contributed by atoms with Crippen LogP contribution in [0.4, 0.5) is 0 Å². The molecule has 11 heteroatoms. The number of nitrogens with one attached hydrogen (secondary N) is 2. The van der Waals surface area contributed by atoms with Crippen molar-refractivity contribution in [3.05, 3.63) is 52.0 Å². The fraction of sp³-hybridized carbons (Fsp3) is 0.429. The molecule has 0 aliphatic heterocycles. The second kappa shape index (κ2) is 16.4. The van der Waals surface area contributed by atoms with Gasteiger partial charge in [-0.1, -0.05) is 32.0 Å². The molecule has 0 unspecified atom stereocenters. The molecule has 0 aliphatic rings. The number of hydrogen-bond acceptors (Lipinski definition) is 8. The number of halogens is 1. The van der Waals surface area contributed by atoms with Crippen LogP contribution in [0.5, 0.6) is 17.2 Å². The first-order valence-electron chi connectivity index (χ1n) is 12.7. The topological polar surface area (TPSA) is 125 Å². The highest BCUT2D eigenvalue weighted by molar-refractivity contribution is 9.10. The summed E-state index contributed by atoms with van der Waals surface area (Å²) in [5.74, 6) is 0.131. The number of ether oxygens (including phenoxy) is 4. The van der Waals surface area contributed by atoms with E-state index in [9.17, 15) is 14.4 Å². The monoisotopic (exact) mass is 605 g/mol. The van der Waals surface area contributed by atoms with Gasteiger partial charge >= 0.3 is 5.97 Å². The van der Waals surface area contributed by atoms with Crippen molar-refractivity contribution in [3.8, 4) is 17.2 Å². The SMILES string of the molecule is CCOC(=O)COc1c(Br)cc(/C=N\NC(=O)[C@H](CC(C)C)NC(=O)COc2ccccc2C)cc1OCC. The van der Waals surface area contributed by atoms with Crippen LogP contribution in [0.3, 0.4) is 0 Å². The van der Waals surface area contributed by atoms with E-state index >= 15 is 0 Å². The number of esters is 1. The molecule has 1 atom stereocenters. The molecular weight excluding hydrogens is 570 g/mol. The van der Waals surface area contributed by atoms with Crippen molar-refractivity contribution in [1.29, 1.82) is 0 Å². The van der Waals surface area contributed by atoms with Crippen LogP contribution < -0.4 is 25.0 Å².